The van der Waals surface area contributed by atoms with Gasteiger partial charge in [-0.15, -0.1) is 0 Å². The fourth-order valence-electron chi connectivity index (χ4n) is 4.15. The van der Waals surface area contributed by atoms with E-state index >= 15 is 0 Å². The molecule has 3 rings (SSSR count). The van der Waals surface area contributed by atoms with E-state index in [0.29, 0.717) is 17.7 Å². The van der Waals surface area contributed by atoms with Gasteiger partial charge in [0.05, 0.1) is 16.0 Å². The van der Waals surface area contributed by atoms with E-state index in [-0.39, 0.29) is 0 Å². The molecule has 4 N–H and O–H groups in total. The van der Waals surface area contributed by atoms with Gasteiger partial charge in [-0.25, -0.2) is 8.42 Å². The second kappa shape index (κ2) is 11.2. The van der Waals surface area contributed by atoms with Crippen molar-refractivity contribution in [2.24, 2.45) is 0 Å². The van der Waals surface area contributed by atoms with E-state index in [1.165, 1.54) is 0 Å². The average Bonchev–Trinajstić information content (AvgIpc) is 2.89. The SMILES string of the molecule is CNC1=CC[C@](/C=C\C(/C=C\[C@]2(NC)C=CC(NC)=CC2)S(=O)(=O)c2ccc(C)cc2)(NC)C=C1. The molecule has 0 saturated heterocycles. The number of allylic oxidation sites excluding steroid dienone is 2. The molecular weight excluding hydrogens is 456 g/mol. The van der Waals surface area contributed by atoms with Gasteiger partial charge in [0.25, 0.3) is 0 Å². The molecule has 0 aliphatic heterocycles. The Morgan fingerprint density at radius 2 is 1.26 bits per heavy atom. The maximum absolute atomic E-state index is 13.7. The molecule has 1 unspecified atom stereocenters. The molecule has 3 atom stereocenters. The lowest BCUT2D eigenvalue weighted by atomic mass is 9.88. The molecule has 0 aromatic heterocycles. The number of hydrogen-bond donors (Lipinski definition) is 4. The predicted octanol–water partition coefficient (Wildman–Crippen LogP) is 3.29. The van der Waals surface area contributed by atoms with Crippen LogP contribution in [0, 0.1) is 6.92 Å². The largest absolute Gasteiger partial charge is 0.388 e. The van der Waals surface area contributed by atoms with E-state index in [1.807, 2.05) is 71.6 Å². The quantitative estimate of drug-likeness (QED) is 0.374. The number of rotatable bonds is 10. The minimum absolute atomic E-state index is 0.313. The Hall–Kier alpha value is -2.87. The molecule has 2 aliphatic carbocycles. The standard InChI is InChI=1S/C28H38N4O2S/c1-22-6-8-25(9-7-22)35(33,34)26(14-20-27(31-4)16-10-23(29-2)11-17-27)15-21-28(32-5)18-12-24(30-3)13-19-28/h6-16,18,20-21,26,29-32H,17,19H2,1-5H3/b20-14-,21-15-/t26?,27-,28+. The second-order valence-electron chi connectivity index (χ2n) is 9.02. The third-order valence-corrected chi connectivity index (χ3v) is 8.78. The summed E-state index contributed by atoms with van der Waals surface area (Å²) in [7, 11) is 3.90. The minimum Gasteiger partial charge on any atom is -0.388 e. The first kappa shape index (κ1) is 26.7. The maximum atomic E-state index is 13.7. The van der Waals surface area contributed by atoms with Gasteiger partial charge in [-0.05, 0) is 58.1 Å². The summed E-state index contributed by atoms with van der Waals surface area (Å²) in [6.45, 7) is 1.95. The van der Waals surface area contributed by atoms with Crippen molar-refractivity contribution < 1.29 is 8.42 Å². The first-order valence-electron chi connectivity index (χ1n) is 11.9. The van der Waals surface area contributed by atoms with Crippen LogP contribution in [0.25, 0.3) is 0 Å². The third-order valence-electron chi connectivity index (χ3n) is 6.82. The molecular formula is C28H38N4O2S. The average molecular weight is 495 g/mol. The Balaban J connectivity index is 1.99. The zero-order valence-corrected chi connectivity index (χ0v) is 22.1. The van der Waals surface area contributed by atoms with E-state index in [1.54, 1.807) is 24.3 Å². The summed E-state index contributed by atoms with van der Waals surface area (Å²) in [6.07, 6.45) is 21.3. The molecule has 0 fully saturated rings. The number of benzene rings is 1. The summed E-state index contributed by atoms with van der Waals surface area (Å²) in [5, 5.41) is 12.2. The van der Waals surface area contributed by atoms with Gasteiger partial charge >= 0.3 is 0 Å². The monoisotopic (exact) mass is 494 g/mol. The zero-order valence-electron chi connectivity index (χ0n) is 21.3. The number of sulfone groups is 1. The van der Waals surface area contributed by atoms with Crippen molar-refractivity contribution in [3.8, 4) is 0 Å². The highest BCUT2D eigenvalue weighted by Gasteiger charge is 2.29. The van der Waals surface area contributed by atoms with Gasteiger partial charge in [0.1, 0.15) is 5.25 Å². The summed E-state index contributed by atoms with van der Waals surface area (Å²) in [5.74, 6) is 0. The molecule has 0 radical (unpaired) electrons. The molecule has 0 spiro atoms. The highest BCUT2D eigenvalue weighted by atomic mass is 32.2. The lowest BCUT2D eigenvalue weighted by Gasteiger charge is -2.30. The zero-order chi connectivity index (χ0) is 25.5. The van der Waals surface area contributed by atoms with Crippen molar-refractivity contribution >= 4 is 9.84 Å². The van der Waals surface area contributed by atoms with Crippen molar-refractivity contribution in [3.05, 3.63) is 102 Å². The number of likely N-dealkylation sites (N-methyl/N-ethyl adjacent to an activating group) is 4. The first-order chi connectivity index (χ1) is 16.7. The lowest BCUT2D eigenvalue weighted by molar-refractivity contribution is 0.530. The van der Waals surface area contributed by atoms with Crippen LogP contribution < -0.4 is 21.3 Å². The van der Waals surface area contributed by atoms with E-state index in [2.05, 4.69) is 45.6 Å². The molecule has 1 aromatic carbocycles. The Morgan fingerprint density at radius 3 is 1.60 bits per heavy atom. The minimum atomic E-state index is -3.65. The van der Waals surface area contributed by atoms with Crippen LogP contribution in [-0.2, 0) is 9.84 Å². The van der Waals surface area contributed by atoms with Gasteiger partial charge in [0, 0.05) is 25.5 Å². The second-order valence-corrected chi connectivity index (χ2v) is 11.1. The highest BCUT2D eigenvalue weighted by molar-refractivity contribution is 7.92. The Bertz CT molecular complexity index is 1120. The summed E-state index contributed by atoms with van der Waals surface area (Å²) in [5.41, 5.74) is 2.20. The molecule has 35 heavy (non-hydrogen) atoms. The number of nitrogens with one attached hydrogen (secondary N) is 4. The van der Waals surface area contributed by atoms with Crippen LogP contribution in [0.2, 0.25) is 0 Å². The van der Waals surface area contributed by atoms with Gasteiger partial charge in [-0.3, -0.25) is 0 Å². The maximum Gasteiger partial charge on any atom is 0.188 e. The van der Waals surface area contributed by atoms with Crippen molar-refractivity contribution in [2.75, 3.05) is 28.2 Å². The van der Waals surface area contributed by atoms with Crippen LogP contribution in [0.15, 0.2) is 101 Å². The van der Waals surface area contributed by atoms with Crippen molar-refractivity contribution in [1.82, 2.24) is 21.3 Å². The fourth-order valence-corrected chi connectivity index (χ4v) is 5.55. The summed E-state index contributed by atoms with van der Waals surface area (Å²) in [4.78, 5) is 0.313. The van der Waals surface area contributed by atoms with Gasteiger partial charge in [-0.2, -0.15) is 0 Å². The predicted molar refractivity (Wildman–Crippen MR) is 146 cm³/mol. The first-order valence-corrected chi connectivity index (χ1v) is 13.5. The van der Waals surface area contributed by atoms with Crippen LogP contribution in [0.4, 0.5) is 0 Å². The third kappa shape index (κ3) is 6.23. The smallest absolute Gasteiger partial charge is 0.188 e. The fraction of sp³-hybridized carbons (Fsp3) is 0.357. The van der Waals surface area contributed by atoms with Crippen molar-refractivity contribution in [1.29, 1.82) is 0 Å². The molecule has 0 heterocycles. The molecule has 0 bridgehead atoms. The molecule has 2 aliphatic rings. The van der Waals surface area contributed by atoms with Crippen LogP contribution in [0.5, 0.6) is 0 Å². The van der Waals surface area contributed by atoms with Gasteiger partial charge in [0.2, 0.25) is 0 Å². The molecule has 6 nitrogen and oxygen atoms in total. The van der Waals surface area contributed by atoms with Crippen molar-refractivity contribution in [3.63, 3.8) is 0 Å². The van der Waals surface area contributed by atoms with Crippen LogP contribution in [-0.4, -0.2) is 52.9 Å². The summed E-state index contributed by atoms with van der Waals surface area (Å²) < 4.78 is 27.5. The van der Waals surface area contributed by atoms with Gasteiger partial charge in [-0.1, -0.05) is 66.3 Å². The van der Waals surface area contributed by atoms with E-state index in [9.17, 15) is 8.42 Å². The van der Waals surface area contributed by atoms with Gasteiger partial charge in [0.15, 0.2) is 9.84 Å². The Labute approximate surface area is 210 Å². The topological polar surface area (TPSA) is 82.3 Å². The summed E-state index contributed by atoms with van der Waals surface area (Å²) in [6, 6.07) is 7.05. The molecule has 188 valence electrons. The lowest BCUT2D eigenvalue weighted by Crippen LogP contribution is -2.41. The molecule has 0 saturated carbocycles. The van der Waals surface area contributed by atoms with Crippen LogP contribution in [0.3, 0.4) is 0 Å². The molecule has 1 aromatic rings. The van der Waals surface area contributed by atoms with Crippen molar-refractivity contribution in [2.45, 2.75) is 41.0 Å². The normalized spacial score (nSPS) is 25.5. The molecule has 7 heteroatoms. The summed E-state index contributed by atoms with van der Waals surface area (Å²) >= 11 is 0. The molecule has 0 amide bonds. The Morgan fingerprint density at radius 1 is 0.800 bits per heavy atom. The van der Waals surface area contributed by atoms with E-state index in [4.69, 9.17) is 0 Å². The van der Waals surface area contributed by atoms with Gasteiger partial charge < -0.3 is 21.3 Å². The number of aryl methyl sites for hydroxylation is 1. The Kier molecular flexibility index (Phi) is 8.59. The highest BCUT2D eigenvalue weighted by Crippen LogP contribution is 2.27. The van der Waals surface area contributed by atoms with E-state index < -0.39 is 26.2 Å². The van der Waals surface area contributed by atoms with E-state index in [0.717, 1.165) is 17.0 Å². The van der Waals surface area contributed by atoms with Crippen LogP contribution in [0.1, 0.15) is 18.4 Å². The number of hydrogen-bond acceptors (Lipinski definition) is 6. The van der Waals surface area contributed by atoms with Crippen LogP contribution >= 0.6 is 0 Å².